The van der Waals surface area contributed by atoms with Crippen LogP contribution in [0.2, 0.25) is 4.34 Å². The molecule has 1 heterocycles. The molecule has 0 amide bonds. The van der Waals surface area contributed by atoms with Crippen LogP contribution in [0.25, 0.3) is 0 Å². The lowest BCUT2D eigenvalue weighted by Gasteiger charge is -2.03. The number of benzene rings is 1. The van der Waals surface area contributed by atoms with Gasteiger partial charge in [0.1, 0.15) is 6.61 Å². The summed E-state index contributed by atoms with van der Waals surface area (Å²) in [5.74, 6) is -0.387. The predicted molar refractivity (Wildman–Crippen MR) is 69.3 cm³/mol. The molecule has 2 aromatic rings. The number of nitrogens with two attached hydrogens (primary N) is 1. The molecule has 0 radical (unpaired) electrons. The number of esters is 1. The van der Waals surface area contributed by atoms with E-state index in [0.29, 0.717) is 15.6 Å². The van der Waals surface area contributed by atoms with Gasteiger partial charge in [0, 0.05) is 10.6 Å². The van der Waals surface area contributed by atoms with Crippen molar-refractivity contribution < 1.29 is 9.53 Å². The first-order chi connectivity index (χ1) is 8.15. The zero-order valence-corrected chi connectivity index (χ0v) is 10.4. The Kier molecular flexibility index (Phi) is 3.66. The van der Waals surface area contributed by atoms with E-state index in [4.69, 9.17) is 22.1 Å². The van der Waals surface area contributed by atoms with Crippen molar-refractivity contribution in [3.8, 4) is 0 Å². The van der Waals surface area contributed by atoms with Crippen molar-refractivity contribution in [3.63, 3.8) is 0 Å². The normalized spacial score (nSPS) is 10.2. The fourth-order valence-electron chi connectivity index (χ4n) is 1.31. The molecule has 17 heavy (non-hydrogen) atoms. The lowest BCUT2D eigenvalue weighted by atomic mass is 10.2. The van der Waals surface area contributed by atoms with Gasteiger partial charge in [0.2, 0.25) is 0 Å². The molecule has 0 saturated heterocycles. The van der Waals surface area contributed by atoms with Crippen LogP contribution >= 0.6 is 22.9 Å². The van der Waals surface area contributed by atoms with Gasteiger partial charge >= 0.3 is 5.97 Å². The van der Waals surface area contributed by atoms with E-state index in [2.05, 4.69) is 0 Å². The van der Waals surface area contributed by atoms with Crippen molar-refractivity contribution >= 4 is 34.6 Å². The lowest BCUT2D eigenvalue weighted by molar-refractivity contribution is 0.0477. The maximum Gasteiger partial charge on any atom is 0.338 e. The Labute approximate surface area is 108 Å². The zero-order chi connectivity index (χ0) is 12.3. The van der Waals surface area contributed by atoms with Gasteiger partial charge in [-0.15, -0.1) is 11.3 Å². The van der Waals surface area contributed by atoms with E-state index in [0.717, 1.165) is 4.88 Å². The standard InChI is InChI=1S/C12H10ClNO2S/c13-11-5-4-10(17-11)7-16-12(15)8-2-1-3-9(14)6-8/h1-6H,7,14H2. The smallest absolute Gasteiger partial charge is 0.338 e. The highest BCUT2D eigenvalue weighted by atomic mass is 35.5. The van der Waals surface area contributed by atoms with Crippen LogP contribution in [-0.4, -0.2) is 5.97 Å². The summed E-state index contributed by atoms with van der Waals surface area (Å²) >= 11 is 7.17. The van der Waals surface area contributed by atoms with Crippen molar-refractivity contribution in [2.75, 3.05) is 5.73 Å². The first-order valence-electron chi connectivity index (χ1n) is 4.92. The highest BCUT2D eigenvalue weighted by Gasteiger charge is 2.08. The molecule has 1 aromatic heterocycles. The Balaban J connectivity index is 1.98. The van der Waals surface area contributed by atoms with Crippen LogP contribution < -0.4 is 5.73 Å². The minimum Gasteiger partial charge on any atom is -0.456 e. The quantitative estimate of drug-likeness (QED) is 0.685. The Bertz CT molecular complexity index is 539. The molecule has 1 aromatic carbocycles. The maximum atomic E-state index is 11.7. The second kappa shape index (κ2) is 5.21. The summed E-state index contributed by atoms with van der Waals surface area (Å²) in [6.07, 6.45) is 0. The molecule has 0 fully saturated rings. The van der Waals surface area contributed by atoms with E-state index < -0.39 is 0 Å². The van der Waals surface area contributed by atoms with E-state index in [1.165, 1.54) is 11.3 Å². The minimum atomic E-state index is -0.387. The third-order valence-electron chi connectivity index (χ3n) is 2.10. The number of hydrogen-bond donors (Lipinski definition) is 1. The second-order valence-electron chi connectivity index (χ2n) is 3.41. The minimum absolute atomic E-state index is 0.227. The molecule has 0 atom stereocenters. The van der Waals surface area contributed by atoms with E-state index in [-0.39, 0.29) is 12.6 Å². The molecule has 2 N–H and O–H groups in total. The third-order valence-corrected chi connectivity index (χ3v) is 3.30. The summed E-state index contributed by atoms with van der Waals surface area (Å²) in [5.41, 5.74) is 6.58. The summed E-state index contributed by atoms with van der Waals surface area (Å²) in [4.78, 5) is 12.6. The fraction of sp³-hybridized carbons (Fsp3) is 0.0833. The Hall–Kier alpha value is -1.52. The van der Waals surface area contributed by atoms with Crippen molar-refractivity contribution in [1.82, 2.24) is 0 Å². The van der Waals surface area contributed by atoms with Gasteiger partial charge < -0.3 is 10.5 Å². The van der Waals surface area contributed by atoms with Crippen molar-refractivity contribution in [1.29, 1.82) is 0 Å². The van der Waals surface area contributed by atoms with Crippen LogP contribution in [0.5, 0.6) is 0 Å². The van der Waals surface area contributed by atoms with Crippen LogP contribution in [0.4, 0.5) is 5.69 Å². The van der Waals surface area contributed by atoms with Crippen molar-refractivity contribution in [2.24, 2.45) is 0 Å². The summed E-state index contributed by atoms with van der Waals surface area (Å²) in [7, 11) is 0. The van der Waals surface area contributed by atoms with Gasteiger partial charge in [-0.3, -0.25) is 0 Å². The van der Waals surface area contributed by atoms with E-state index >= 15 is 0 Å². The highest BCUT2D eigenvalue weighted by Crippen LogP contribution is 2.22. The molecule has 2 rings (SSSR count). The predicted octanol–water partition coefficient (Wildman–Crippen LogP) is 3.34. The fourth-order valence-corrected chi connectivity index (χ4v) is 2.32. The van der Waals surface area contributed by atoms with Crippen molar-refractivity contribution in [3.05, 3.63) is 51.2 Å². The number of carbonyl (C=O) groups is 1. The van der Waals surface area contributed by atoms with Gasteiger partial charge in [0.25, 0.3) is 0 Å². The zero-order valence-electron chi connectivity index (χ0n) is 8.85. The van der Waals surface area contributed by atoms with Gasteiger partial charge in [0.05, 0.1) is 9.90 Å². The Morgan fingerprint density at radius 3 is 2.82 bits per heavy atom. The molecule has 0 spiro atoms. The molecule has 0 saturated carbocycles. The third kappa shape index (κ3) is 3.22. The second-order valence-corrected chi connectivity index (χ2v) is 5.21. The number of hydrogen-bond acceptors (Lipinski definition) is 4. The maximum absolute atomic E-state index is 11.7. The summed E-state index contributed by atoms with van der Waals surface area (Å²) in [6.45, 7) is 0.227. The number of ether oxygens (including phenoxy) is 1. The summed E-state index contributed by atoms with van der Waals surface area (Å²) < 4.78 is 5.82. The van der Waals surface area contributed by atoms with Gasteiger partial charge in [-0.1, -0.05) is 17.7 Å². The van der Waals surface area contributed by atoms with Gasteiger partial charge in [-0.05, 0) is 30.3 Å². The summed E-state index contributed by atoms with van der Waals surface area (Å²) in [6, 6.07) is 10.3. The molecule has 0 aliphatic carbocycles. The topological polar surface area (TPSA) is 52.3 Å². The van der Waals surface area contributed by atoms with E-state index in [1.807, 2.05) is 6.07 Å². The molecule has 0 aliphatic heterocycles. The number of anilines is 1. The number of nitrogen functional groups attached to an aromatic ring is 1. The highest BCUT2D eigenvalue weighted by molar-refractivity contribution is 7.16. The van der Waals surface area contributed by atoms with Crippen LogP contribution in [0.1, 0.15) is 15.2 Å². The number of halogens is 1. The van der Waals surface area contributed by atoms with Crippen LogP contribution in [-0.2, 0) is 11.3 Å². The lowest BCUT2D eigenvalue weighted by Crippen LogP contribution is -2.04. The molecule has 0 aliphatic rings. The van der Waals surface area contributed by atoms with Crippen molar-refractivity contribution in [2.45, 2.75) is 6.61 Å². The average molecular weight is 268 g/mol. The monoisotopic (exact) mass is 267 g/mol. The first-order valence-corrected chi connectivity index (χ1v) is 6.11. The van der Waals surface area contributed by atoms with E-state index in [1.54, 1.807) is 30.3 Å². The Morgan fingerprint density at radius 2 is 2.18 bits per heavy atom. The SMILES string of the molecule is Nc1cccc(C(=O)OCc2ccc(Cl)s2)c1. The molecular formula is C12H10ClNO2S. The molecule has 5 heteroatoms. The summed E-state index contributed by atoms with van der Waals surface area (Å²) in [5, 5.41) is 0. The number of carbonyl (C=O) groups excluding carboxylic acids is 1. The van der Waals surface area contributed by atoms with E-state index in [9.17, 15) is 4.79 Å². The Morgan fingerprint density at radius 1 is 1.35 bits per heavy atom. The largest absolute Gasteiger partial charge is 0.456 e. The number of rotatable bonds is 3. The molecule has 0 unspecified atom stereocenters. The van der Waals surface area contributed by atoms with Crippen LogP contribution in [0.3, 0.4) is 0 Å². The molecule has 0 bridgehead atoms. The van der Waals surface area contributed by atoms with Gasteiger partial charge in [-0.2, -0.15) is 0 Å². The van der Waals surface area contributed by atoms with Crippen LogP contribution in [0, 0.1) is 0 Å². The first kappa shape index (κ1) is 12.0. The number of thiophene rings is 1. The van der Waals surface area contributed by atoms with Gasteiger partial charge in [-0.25, -0.2) is 4.79 Å². The van der Waals surface area contributed by atoms with Gasteiger partial charge in [0.15, 0.2) is 0 Å². The molecule has 3 nitrogen and oxygen atoms in total. The van der Waals surface area contributed by atoms with Crippen LogP contribution in [0.15, 0.2) is 36.4 Å². The molecule has 88 valence electrons. The molecular weight excluding hydrogens is 258 g/mol. The average Bonchev–Trinajstić information content (AvgIpc) is 2.72.